The van der Waals surface area contributed by atoms with E-state index in [-0.39, 0.29) is 11.1 Å². The number of hydrogen-bond donors (Lipinski definition) is 4. The summed E-state index contributed by atoms with van der Waals surface area (Å²) in [4.78, 5) is 46.9. The van der Waals surface area contributed by atoms with Crippen LogP contribution >= 0.6 is 0 Å². The molecule has 0 aliphatic heterocycles. The van der Waals surface area contributed by atoms with E-state index >= 15 is 0 Å². The van der Waals surface area contributed by atoms with Crippen molar-refractivity contribution in [3.63, 3.8) is 0 Å². The largest absolute Gasteiger partial charge is 0.478 e. The molecule has 0 fully saturated rings. The van der Waals surface area contributed by atoms with E-state index in [0.717, 1.165) is 0 Å². The van der Waals surface area contributed by atoms with Gasteiger partial charge in [-0.15, -0.1) is 0 Å². The van der Waals surface area contributed by atoms with Crippen LogP contribution in [0, 0.1) is 0 Å². The molecule has 0 aromatic heterocycles. The highest BCUT2D eigenvalue weighted by Gasteiger charge is 2.26. The predicted octanol–water partition coefficient (Wildman–Crippen LogP) is 2.69. The van der Waals surface area contributed by atoms with Gasteiger partial charge in [0.25, 0.3) is 11.8 Å². The molecule has 0 radical (unpaired) electrons. The number of hydrogen-bond acceptors (Lipinski definition) is 4. The lowest BCUT2D eigenvalue weighted by atomic mass is 10.1. The Hall–Kier alpha value is -3.42. The van der Waals surface area contributed by atoms with Crippen molar-refractivity contribution in [1.29, 1.82) is 0 Å². The van der Waals surface area contributed by atoms with Crippen molar-refractivity contribution >= 4 is 35.1 Å². The van der Waals surface area contributed by atoms with E-state index in [2.05, 4.69) is 10.6 Å². The fourth-order valence-corrected chi connectivity index (χ4v) is 3.51. The summed E-state index contributed by atoms with van der Waals surface area (Å²) < 4.78 is 0. The van der Waals surface area contributed by atoms with E-state index < -0.39 is 23.8 Å². The number of carboxylic acid groups (broad SMARTS) is 2. The Morgan fingerprint density at radius 2 is 0.929 bits per heavy atom. The number of carbonyl (C=O) groups is 4. The second-order valence-corrected chi connectivity index (χ2v) is 6.72. The molecule has 2 aliphatic carbocycles. The maximum atomic E-state index is 12.3. The zero-order chi connectivity index (χ0) is 20.3. The van der Waals surface area contributed by atoms with Gasteiger partial charge in [-0.05, 0) is 62.8 Å². The number of anilines is 2. The zero-order valence-electron chi connectivity index (χ0n) is 15.1. The third-order valence-corrected chi connectivity index (χ3v) is 4.90. The molecule has 0 bridgehead atoms. The minimum absolute atomic E-state index is 0.153. The van der Waals surface area contributed by atoms with E-state index in [0.29, 0.717) is 61.0 Å². The summed E-state index contributed by atoms with van der Waals surface area (Å²) in [5.74, 6) is -3.01. The Balaban J connectivity index is 1.66. The average Bonchev–Trinajstić information content (AvgIpc) is 3.33. The van der Waals surface area contributed by atoms with Crippen LogP contribution in [0.3, 0.4) is 0 Å². The molecular formula is C20H20N2O6. The number of carboxylic acids is 2. The molecule has 1 aromatic carbocycles. The maximum Gasteiger partial charge on any atom is 0.332 e. The fourth-order valence-electron chi connectivity index (χ4n) is 3.51. The lowest BCUT2D eigenvalue weighted by Crippen LogP contribution is -2.17. The first-order chi connectivity index (χ1) is 13.4. The van der Waals surface area contributed by atoms with Crippen LogP contribution in [-0.4, -0.2) is 34.0 Å². The molecule has 0 spiro atoms. The smallest absolute Gasteiger partial charge is 0.332 e. The molecule has 0 saturated carbocycles. The first-order valence-corrected chi connectivity index (χ1v) is 9.00. The van der Waals surface area contributed by atoms with Crippen molar-refractivity contribution in [2.24, 2.45) is 0 Å². The topological polar surface area (TPSA) is 133 Å². The second kappa shape index (κ2) is 8.08. The monoisotopic (exact) mass is 384 g/mol. The van der Waals surface area contributed by atoms with Gasteiger partial charge in [0.2, 0.25) is 0 Å². The summed E-state index contributed by atoms with van der Waals surface area (Å²) >= 11 is 0. The normalized spacial score (nSPS) is 16.3. The molecule has 0 saturated heterocycles. The maximum absolute atomic E-state index is 12.3. The van der Waals surface area contributed by atoms with Gasteiger partial charge in [0.1, 0.15) is 0 Å². The third kappa shape index (κ3) is 4.11. The zero-order valence-corrected chi connectivity index (χ0v) is 15.1. The predicted molar refractivity (Wildman–Crippen MR) is 101 cm³/mol. The van der Waals surface area contributed by atoms with Crippen molar-refractivity contribution in [3.05, 3.63) is 46.6 Å². The molecule has 8 nitrogen and oxygen atoms in total. The van der Waals surface area contributed by atoms with Crippen LogP contribution in [0.25, 0.3) is 0 Å². The van der Waals surface area contributed by atoms with Gasteiger partial charge in [0.05, 0.1) is 0 Å². The molecular weight excluding hydrogens is 364 g/mol. The second-order valence-electron chi connectivity index (χ2n) is 6.72. The molecule has 3 rings (SSSR count). The number of nitrogens with one attached hydrogen (secondary N) is 2. The van der Waals surface area contributed by atoms with Gasteiger partial charge in [-0.1, -0.05) is 0 Å². The number of benzene rings is 1. The van der Waals surface area contributed by atoms with Crippen LogP contribution in [0.15, 0.2) is 46.6 Å². The molecule has 0 unspecified atom stereocenters. The van der Waals surface area contributed by atoms with E-state index in [1.54, 1.807) is 24.3 Å². The van der Waals surface area contributed by atoms with Crippen LogP contribution in [0.4, 0.5) is 11.4 Å². The van der Waals surface area contributed by atoms with E-state index in [4.69, 9.17) is 10.2 Å². The van der Waals surface area contributed by atoms with Crippen LogP contribution in [-0.2, 0) is 19.2 Å². The summed E-state index contributed by atoms with van der Waals surface area (Å²) in [7, 11) is 0. The first-order valence-electron chi connectivity index (χ1n) is 9.00. The number of carbonyl (C=O) groups excluding carboxylic acids is 2. The van der Waals surface area contributed by atoms with Crippen LogP contribution in [0.2, 0.25) is 0 Å². The molecule has 1 aromatic rings. The van der Waals surface area contributed by atoms with E-state index in [1.807, 2.05) is 0 Å². The Labute approximate surface area is 160 Å². The SMILES string of the molecule is O=C(O)C1=C(C(=O)Nc2ccc(NC(=O)C3=C(C(=O)O)CCC3)cc2)CCC1. The first kappa shape index (κ1) is 19.3. The van der Waals surface area contributed by atoms with E-state index in [1.165, 1.54) is 0 Å². The molecule has 2 amide bonds. The van der Waals surface area contributed by atoms with Crippen LogP contribution in [0.5, 0.6) is 0 Å². The van der Waals surface area contributed by atoms with Crippen LogP contribution < -0.4 is 10.6 Å². The van der Waals surface area contributed by atoms with Crippen molar-refractivity contribution in [2.45, 2.75) is 38.5 Å². The van der Waals surface area contributed by atoms with Gasteiger partial charge < -0.3 is 20.8 Å². The fraction of sp³-hybridized carbons (Fsp3) is 0.300. The van der Waals surface area contributed by atoms with Gasteiger partial charge in [0, 0.05) is 33.7 Å². The highest BCUT2D eigenvalue weighted by molar-refractivity contribution is 6.10. The third-order valence-electron chi connectivity index (χ3n) is 4.90. The Bertz CT molecular complexity index is 836. The van der Waals surface area contributed by atoms with Gasteiger partial charge in [-0.2, -0.15) is 0 Å². The van der Waals surface area contributed by atoms with Gasteiger partial charge in [0.15, 0.2) is 0 Å². The lowest BCUT2D eigenvalue weighted by molar-refractivity contribution is -0.133. The lowest BCUT2D eigenvalue weighted by Gasteiger charge is -2.10. The Morgan fingerprint density at radius 3 is 1.25 bits per heavy atom. The van der Waals surface area contributed by atoms with Crippen molar-refractivity contribution in [1.82, 2.24) is 0 Å². The highest BCUT2D eigenvalue weighted by atomic mass is 16.4. The average molecular weight is 384 g/mol. The minimum Gasteiger partial charge on any atom is -0.478 e. The Kier molecular flexibility index (Phi) is 5.58. The summed E-state index contributed by atoms with van der Waals surface area (Å²) in [5, 5.41) is 23.6. The quantitative estimate of drug-likeness (QED) is 0.596. The number of amides is 2. The molecule has 0 heterocycles. The summed E-state index contributed by atoms with van der Waals surface area (Å²) in [6, 6.07) is 6.35. The molecule has 28 heavy (non-hydrogen) atoms. The summed E-state index contributed by atoms with van der Waals surface area (Å²) in [6.07, 6.45) is 2.92. The van der Waals surface area contributed by atoms with Gasteiger partial charge in [-0.3, -0.25) is 9.59 Å². The van der Waals surface area contributed by atoms with Crippen molar-refractivity contribution in [2.75, 3.05) is 10.6 Å². The molecule has 8 heteroatoms. The highest BCUT2D eigenvalue weighted by Crippen LogP contribution is 2.29. The summed E-state index contributed by atoms with van der Waals surface area (Å²) in [6.45, 7) is 0. The van der Waals surface area contributed by atoms with Gasteiger partial charge >= 0.3 is 11.9 Å². The Morgan fingerprint density at radius 1 is 0.607 bits per heavy atom. The summed E-state index contributed by atoms with van der Waals surface area (Å²) in [5.41, 5.74) is 1.83. The van der Waals surface area contributed by atoms with Crippen LogP contribution in [0.1, 0.15) is 38.5 Å². The molecule has 2 aliphatic rings. The molecule has 0 atom stereocenters. The number of aliphatic carboxylic acids is 2. The molecule has 146 valence electrons. The molecule has 4 N–H and O–H groups in total. The minimum atomic E-state index is -1.07. The van der Waals surface area contributed by atoms with E-state index in [9.17, 15) is 19.2 Å². The van der Waals surface area contributed by atoms with Crippen molar-refractivity contribution < 1.29 is 29.4 Å². The standard InChI is InChI=1S/C20H20N2O6/c23-17(13-3-1-5-15(13)19(25)26)21-11-7-9-12(10-8-11)22-18(24)14-4-2-6-16(14)20(27)28/h7-10H,1-6H2,(H,21,23)(H,22,24)(H,25,26)(H,27,28). The van der Waals surface area contributed by atoms with Gasteiger partial charge in [-0.25, -0.2) is 9.59 Å². The number of rotatable bonds is 6. The van der Waals surface area contributed by atoms with Crippen molar-refractivity contribution in [3.8, 4) is 0 Å².